The third kappa shape index (κ3) is 3.20. The van der Waals surface area contributed by atoms with Crippen LogP contribution in [0.5, 0.6) is 0 Å². The van der Waals surface area contributed by atoms with Crippen LogP contribution in [0, 0.1) is 5.92 Å². The molecule has 134 valence electrons. The highest BCUT2D eigenvalue weighted by atomic mass is 35.5. The molecule has 0 bridgehead atoms. The molecule has 1 atom stereocenters. The number of aliphatic hydroxyl groups excluding tert-OH is 1. The standard InChI is InChI=1S/C20H24ClNO3/c1-3-13-11-15(9-10-16(13)21)22-18(14-7-5-4-6-8-14)17(12(2)23)19(24)20(22)25/h9-11,14,18,24H,3-8H2,1-2H3. The number of Topliss-reactive ketones (excluding diaryl/α,β-unsaturated/α-hetero) is 1. The quantitative estimate of drug-likeness (QED) is 0.852. The van der Waals surface area contributed by atoms with Crippen LogP contribution in [0.15, 0.2) is 29.5 Å². The third-order valence-electron chi connectivity index (χ3n) is 5.41. The Morgan fingerprint density at radius 1 is 1.28 bits per heavy atom. The second-order valence-corrected chi connectivity index (χ2v) is 7.37. The van der Waals surface area contributed by atoms with Crippen LogP contribution in [-0.2, 0) is 16.0 Å². The number of aryl methyl sites for hydroxylation is 1. The van der Waals surface area contributed by atoms with Gasteiger partial charge in [0.25, 0.3) is 5.91 Å². The lowest BCUT2D eigenvalue weighted by Gasteiger charge is -2.35. The fraction of sp³-hybridized carbons (Fsp3) is 0.500. The number of hydrogen-bond donors (Lipinski definition) is 1. The number of anilines is 1. The van der Waals surface area contributed by atoms with Crippen molar-refractivity contribution in [3.05, 3.63) is 40.1 Å². The van der Waals surface area contributed by atoms with E-state index >= 15 is 0 Å². The van der Waals surface area contributed by atoms with Gasteiger partial charge in [-0.05, 0) is 55.9 Å². The van der Waals surface area contributed by atoms with Crippen LogP contribution in [-0.4, -0.2) is 22.8 Å². The Bertz CT molecular complexity index is 734. The minimum Gasteiger partial charge on any atom is -0.503 e. The average molecular weight is 362 g/mol. The van der Waals surface area contributed by atoms with Crippen molar-refractivity contribution in [2.24, 2.45) is 5.92 Å². The van der Waals surface area contributed by atoms with Gasteiger partial charge < -0.3 is 5.11 Å². The van der Waals surface area contributed by atoms with E-state index < -0.39 is 11.7 Å². The number of rotatable bonds is 4. The summed E-state index contributed by atoms with van der Waals surface area (Å²) in [6, 6.07) is 5.10. The highest BCUT2D eigenvalue weighted by Gasteiger charge is 2.46. The first-order chi connectivity index (χ1) is 12.0. The highest BCUT2D eigenvalue weighted by molar-refractivity contribution is 6.31. The molecule has 4 nitrogen and oxygen atoms in total. The van der Waals surface area contributed by atoms with Gasteiger partial charge >= 0.3 is 0 Å². The van der Waals surface area contributed by atoms with Gasteiger partial charge in [0.15, 0.2) is 11.5 Å². The number of halogens is 1. The molecule has 1 aromatic carbocycles. The second-order valence-electron chi connectivity index (χ2n) is 6.97. The number of benzene rings is 1. The monoisotopic (exact) mass is 361 g/mol. The first kappa shape index (κ1) is 18.0. The summed E-state index contributed by atoms with van der Waals surface area (Å²) in [6.45, 7) is 3.43. The van der Waals surface area contributed by atoms with Gasteiger partial charge in [0.1, 0.15) is 0 Å². The number of carbonyl (C=O) groups excluding carboxylic acids is 2. The minimum absolute atomic E-state index is 0.196. The molecule has 1 amide bonds. The van der Waals surface area contributed by atoms with Crippen LogP contribution >= 0.6 is 11.6 Å². The first-order valence-corrected chi connectivity index (χ1v) is 9.39. The molecule has 5 heteroatoms. The van der Waals surface area contributed by atoms with Crippen molar-refractivity contribution in [2.45, 2.75) is 58.4 Å². The summed E-state index contributed by atoms with van der Waals surface area (Å²) in [5, 5.41) is 11.0. The van der Waals surface area contributed by atoms with E-state index in [1.165, 1.54) is 13.3 Å². The van der Waals surface area contributed by atoms with Gasteiger partial charge in [-0.3, -0.25) is 14.5 Å². The molecule has 1 fully saturated rings. The maximum Gasteiger partial charge on any atom is 0.294 e. The Morgan fingerprint density at radius 3 is 2.56 bits per heavy atom. The van der Waals surface area contributed by atoms with Gasteiger partial charge in [0.2, 0.25) is 0 Å². The van der Waals surface area contributed by atoms with Crippen molar-refractivity contribution in [3.8, 4) is 0 Å². The van der Waals surface area contributed by atoms with Gasteiger partial charge in [-0.15, -0.1) is 0 Å². The van der Waals surface area contributed by atoms with Gasteiger partial charge in [-0.2, -0.15) is 0 Å². The van der Waals surface area contributed by atoms with Crippen molar-refractivity contribution in [1.82, 2.24) is 0 Å². The summed E-state index contributed by atoms with van der Waals surface area (Å²) in [6.07, 6.45) is 6.05. The van der Waals surface area contributed by atoms with E-state index in [-0.39, 0.29) is 23.3 Å². The van der Waals surface area contributed by atoms with Crippen molar-refractivity contribution < 1.29 is 14.7 Å². The Hall–Kier alpha value is -1.81. The zero-order chi connectivity index (χ0) is 18.1. The Kier molecular flexibility index (Phi) is 5.19. The smallest absolute Gasteiger partial charge is 0.294 e. The van der Waals surface area contributed by atoms with Gasteiger partial charge in [-0.1, -0.05) is 37.8 Å². The Balaban J connectivity index is 2.07. The lowest BCUT2D eigenvalue weighted by molar-refractivity contribution is -0.117. The maximum atomic E-state index is 12.8. The molecule has 25 heavy (non-hydrogen) atoms. The van der Waals surface area contributed by atoms with E-state index in [9.17, 15) is 14.7 Å². The zero-order valence-electron chi connectivity index (χ0n) is 14.7. The summed E-state index contributed by atoms with van der Waals surface area (Å²) in [5.74, 6) is -0.906. The predicted octanol–water partition coefficient (Wildman–Crippen LogP) is 4.60. The van der Waals surface area contributed by atoms with E-state index in [1.54, 1.807) is 17.0 Å². The summed E-state index contributed by atoms with van der Waals surface area (Å²) >= 11 is 6.21. The highest BCUT2D eigenvalue weighted by Crippen LogP contribution is 2.40. The summed E-state index contributed by atoms with van der Waals surface area (Å²) in [7, 11) is 0. The van der Waals surface area contributed by atoms with Crippen molar-refractivity contribution in [3.63, 3.8) is 0 Å². The molecule has 1 heterocycles. The van der Waals surface area contributed by atoms with Crippen molar-refractivity contribution in [2.75, 3.05) is 4.90 Å². The number of ketones is 1. The minimum atomic E-state index is -0.481. The Morgan fingerprint density at radius 2 is 1.96 bits per heavy atom. The first-order valence-electron chi connectivity index (χ1n) is 9.01. The molecule has 0 radical (unpaired) electrons. The number of nitrogens with zero attached hydrogens (tertiary/aromatic N) is 1. The van der Waals surface area contributed by atoms with Crippen LogP contribution in [0.1, 0.15) is 51.5 Å². The van der Waals surface area contributed by atoms with Gasteiger partial charge in [-0.25, -0.2) is 0 Å². The van der Waals surface area contributed by atoms with Crippen LogP contribution in [0.3, 0.4) is 0 Å². The van der Waals surface area contributed by atoms with Crippen LogP contribution < -0.4 is 4.90 Å². The van der Waals surface area contributed by atoms with E-state index in [4.69, 9.17) is 11.6 Å². The number of aliphatic hydroxyl groups is 1. The zero-order valence-corrected chi connectivity index (χ0v) is 15.5. The molecule has 1 aromatic rings. The molecule has 0 saturated heterocycles. The summed E-state index contributed by atoms with van der Waals surface area (Å²) in [5.41, 5.74) is 1.92. The second kappa shape index (κ2) is 7.20. The van der Waals surface area contributed by atoms with Crippen LogP contribution in [0.2, 0.25) is 5.02 Å². The molecular formula is C20H24ClNO3. The summed E-state index contributed by atoms with van der Waals surface area (Å²) < 4.78 is 0. The third-order valence-corrected chi connectivity index (χ3v) is 5.78. The van der Waals surface area contributed by atoms with E-state index in [0.717, 1.165) is 37.7 Å². The SMILES string of the molecule is CCc1cc(N2C(=O)C(O)=C(C(C)=O)C2C2CCCCC2)ccc1Cl. The lowest BCUT2D eigenvalue weighted by atomic mass is 9.80. The summed E-state index contributed by atoms with van der Waals surface area (Å²) in [4.78, 5) is 26.6. The largest absolute Gasteiger partial charge is 0.503 e. The molecule has 1 aliphatic heterocycles. The van der Waals surface area contributed by atoms with E-state index in [1.807, 2.05) is 13.0 Å². The molecule has 0 aromatic heterocycles. The molecule has 1 N–H and O–H groups in total. The predicted molar refractivity (Wildman–Crippen MR) is 99.0 cm³/mol. The van der Waals surface area contributed by atoms with Crippen LogP contribution in [0.4, 0.5) is 5.69 Å². The molecule has 1 unspecified atom stereocenters. The van der Waals surface area contributed by atoms with Crippen LogP contribution in [0.25, 0.3) is 0 Å². The van der Waals surface area contributed by atoms with E-state index in [0.29, 0.717) is 10.7 Å². The fourth-order valence-electron chi connectivity index (χ4n) is 4.16. The normalized spacial score (nSPS) is 22.0. The Labute approximate surface area is 153 Å². The fourth-order valence-corrected chi connectivity index (χ4v) is 4.41. The molecular weight excluding hydrogens is 338 g/mol. The van der Waals surface area contributed by atoms with Gasteiger partial charge in [0.05, 0.1) is 11.6 Å². The van der Waals surface area contributed by atoms with Gasteiger partial charge in [0, 0.05) is 10.7 Å². The van der Waals surface area contributed by atoms with E-state index in [2.05, 4.69) is 0 Å². The molecule has 1 aliphatic carbocycles. The molecule has 3 rings (SSSR count). The van der Waals surface area contributed by atoms with Crippen molar-refractivity contribution >= 4 is 29.0 Å². The number of amides is 1. The van der Waals surface area contributed by atoms with Crippen molar-refractivity contribution in [1.29, 1.82) is 0 Å². The number of hydrogen-bond acceptors (Lipinski definition) is 3. The maximum absolute atomic E-state index is 12.8. The number of carbonyl (C=O) groups is 2. The average Bonchev–Trinajstić information content (AvgIpc) is 2.88. The molecule has 1 saturated carbocycles. The molecule has 2 aliphatic rings. The molecule has 0 spiro atoms. The lowest BCUT2D eigenvalue weighted by Crippen LogP contribution is -2.42. The topological polar surface area (TPSA) is 57.6 Å².